The van der Waals surface area contributed by atoms with Crippen molar-refractivity contribution in [1.82, 2.24) is 19.5 Å². The summed E-state index contributed by atoms with van der Waals surface area (Å²) < 4.78 is 11.1. The molecule has 5 nitrogen and oxygen atoms in total. The Kier molecular flexibility index (Phi) is 6.65. The second-order valence-corrected chi connectivity index (χ2v) is 16.9. The van der Waals surface area contributed by atoms with E-state index in [4.69, 9.17) is 19.4 Å². The predicted octanol–water partition coefficient (Wildman–Crippen LogP) is 15.0. The first-order valence-electron chi connectivity index (χ1n) is 20.5. The summed E-state index contributed by atoms with van der Waals surface area (Å²) in [6.45, 7) is 0. The van der Waals surface area contributed by atoms with E-state index in [1.165, 1.54) is 70.3 Å². The van der Waals surface area contributed by atoms with E-state index in [0.29, 0.717) is 17.5 Å². The van der Waals surface area contributed by atoms with Crippen molar-refractivity contribution in [1.29, 1.82) is 0 Å². The third-order valence-corrected chi connectivity index (χ3v) is 13.8. The van der Waals surface area contributed by atoms with Crippen LogP contribution in [-0.4, -0.2) is 19.5 Å². The Morgan fingerprint density at radius 2 is 1.07 bits per heavy atom. The molecule has 282 valence electrons. The van der Waals surface area contributed by atoms with Crippen LogP contribution in [0.4, 0.5) is 0 Å². The van der Waals surface area contributed by atoms with Crippen LogP contribution in [0.25, 0.3) is 137 Å². The van der Waals surface area contributed by atoms with Crippen LogP contribution in [-0.2, 0) is 0 Å². The highest BCUT2D eigenvalue weighted by molar-refractivity contribution is 7.26. The highest BCUT2D eigenvalue weighted by Gasteiger charge is 2.25. The van der Waals surface area contributed by atoms with Gasteiger partial charge in [-0.3, -0.25) is 0 Å². The highest BCUT2D eigenvalue weighted by atomic mass is 32.1. The summed E-state index contributed by atoms with van der Waals surface area (Å²) in [4.78, 5) is 15.4. The average molecular weight is 795 g/mol. The van der Waals surface area contributed by atoms with E-state index in [9.17, 15) is 0 Å². The van der Waals surface area contributed by atoms with Gasteiger partial charge in [0.05, 0.1) is 11.0 Å². The lowest BCUT2D eigenvalue weighted by Gasteiger charge is -2.13. The van der Waals surface area contributed by atoms with E-state index < -0.39 is 0 Å². The van der Waals surface area contributed by atoms with Crippen LogP contribution in [0.3, 0.4) is 0 Å². The monoisotopic (exact) mass is 794 g/mol. The SMILES string of the molecule is c1ccc(-c2nc(-c3ccc4c(c3)oc3ccccc34)nc(-c3cccc4c3sc3ccc(-n5c6cccc7c6c6c8c(cccc8ccc65)-c5ccccc5-7)cc34)n2)cc1. The normalized spacial score (nSPS) is 12.3. The lowest BCUT2D eigenvalue weighted by Crippen LogP contribution is -2.00. The minimum atomic E-state index is 0.601. The first-order valence-corrected chi connectivity index (χ1v) is 21.3. The fraction of sp³-hybridized carbons (Fsp3) is 0. The largest absolute Gasteiger partial charge is 0.456 e. The molecule has 6 heteroatoms. The number of fused-ring (bicyclic) bond motifs is 9. The van der Waals surface area contributed by atoms with E-state index in [1.54, 1.807) is 11.3 Å². The van der Waals surface area contributed by atoms with E-state index in [-0.39, 0.29) is 0 Å². The molecule has 0 spiro atoms. The number of rotatable bonds is 4. The van der Waals surface area contributed by atoms with Gasteiger partial charge in [0.1, 0.15) is 11.2 Å². The molecule has 4 aromatic heterocycles. The molecule has 0 saturated heterocycles. The third-order valence-electron chi connectivity index (χ3n) is 12.6. The van der Waals surface area contributed by atoms with Crippen LogP contribution >= 0.6 is 11.3 Å². The van der Waals surface area contributed by atoms with Crippen molar-refractivity contribution in [2.24, 2.45) is 0 Å². The Balaban J connectivity index is 0.972. The second-order valence-electron chi connectivity index (χ2n) is 15.9. The number of nitrogens with zero attached hydrogens (tertiary/aromatic N) is 4. The quantitative estimate of drug-likeness (QED) is 0.178. The molecule has 13 aromatic rings. The van der Waals surface area contributed by atoms with Crippen molar-refractivity contribution in [3.8, 4) is 62.1 Å². The minimum absolute atomic E-state index is 0.601. The predicted molar refractivity (Wildman–Crippen MR) is 253 cm³/mol. The Morgan fingerprint density at radius 3 is 1.95 bits per heavy atom. The zero-order valence-electron chi connectivity index (χ0n) is 32.4. The maximum atomic E-state index is 6.29. The lowest BCUT2D eigenvalue weighted by molar-refractivity contribution is 0.669. The molecule has 0 N–H and O–H groups in total. The van der Waals surface area contributed by atoms with Gasteiger partial charge in [0.15, 0.2) is 17.5 Å². The molecule has 4 heterocycles. The van der Waals surface area contributed by atoms with Crippen LogP contribution in [0, 0.1) is 0 Å². The standard InChI is InChI=1S/C55H30N4OS/c1-2-11-32(12-3-1)53-56-54(33-23-26-38-37-16-6-7-22-46(37)60-47(38)29-33)58-55(57-53)42-20-9-19-41-43-30-34(25-28-48(43)61-52(41)42)59-44-21-10-18-40-36-15-5-4-14-35(36)39-17-8-13-31-24-27-45(59)51(49(31)39)50(40)44/h1-30H. The first-order chi connectivity index (χ1) is 30.2. The number of aromatic nitrogens is 4. The van der Waals surface area contributed by atoms with Crippen molar-refractivity contribution in [2.75, 3.05) is 0 Å². The maximum absolute atomic E-state index is 6.29. The van der Waals surface area contributed by atoms with E-state index in [2.05, 4.69) is 144 Å². The lowest BCUT2D eigenvalue weighted by atomic mass is 9.93. The van der Waals surface area contributed by atoms with Crippen molar-refractivity contribution in [2.45, 2.75) is 0 Å². The Bertz CT molecular complexity index is 4010. The van der Waals surface area contributed by atoms with Crippen molar-refractivity contribution < 1.29 is 4.42 Å². The summed E-state index contributed by atoms with van der Waals surface area (Å²) in [5.74, 6) is 1.87. The molecule has 0 aliphatic heterocycles. The molecule has 14 rings (SSSR count). The number of furan rings is 1. The summed E-state index contributed by atoms with van der Waals surface area (Å²) in [6, 6.07) is 65.0. The molecule has 0 fully saturated rings. The smallest absolute Gasteiger partial charge is 0.165 e. The maximum Gasteiger partial charge on any atom is 0.165 e. The van der Waals surface area contributed by atoms with Crippen LogP contribution in [0.1, 0.15) is 0 Å². The summed E-state index contributed by atoms with van der Waals surface area (Å²) in [5.41, 5.74) is 13.1. The van der Waals surface area contributed by atoms with Gasteiger partial charge >= 0.3 is 0 Å². The zero-order valence-corrected chi connectivity index (χ0v) is 33.2. The van der Waals surface area contributed by atoms with Gasteiger partial charge < -0.3 is 8.98 Å². The third kappa shape index (κ3) is 4.68. The van der Waals surface area contributed by atoms with Gasteiger partial charge in [-0.05, 0) is 87.6 Å². The Labute approximate surface area is 352 Å². The fourth-order valence-corrected chi connectivity index (χ4v) is 11.1. The molecule has 9 aromatic carbocycles. The van der Waals surface area contributed by atoms with Gasteiger partial charge in [-0.25, -0.2) is 15.0 Å². The number of hydrogen-bond donors (Lipinski definition) is 0. The Morgan fingerprint density at radius 1 is 0.393 bits per heavy atom. The first kappa shape index (κ1) is 33.0. The molecule has 1 aliphatic rings. The molecule has 0 radical (unpaired) electrons. The highest BCUT2D eigenvalue weighted by Crippen LogP contribution is 2.50. The molecular weight excluding hydrogens is 765 g/mol. The molecule has 0 amide bonds. The van der Waals surface area contributed by atoms with E-state index in [0.717, 1.165) is 49.0 Å². The van der Waals surface area contributed by atoms with E-state index >= 15 is 0 Å². The van der Waals surface area contributed by atoms with Crippen molar-refractivity contribution in [3.63, 3.8) is 0 Å². The molecular formula is C55H30N4OS. The van der Waals surface area contributed by atoms with Crippen LogP contribution in [0.2, 0.25) is 0 Å². The molecule has 0 unspecified atom stereocenters. The van der Waals surface area contributed by atoms with E-state index in [1.807, 2.05) is 42.5 Å². The van der Waals surface area contributed by atoms with Crippen molar-refractivity contribution >= 4 is 86.0 Å². The van der Waals surface area contributed by atoms with Gasteiger partial charge in [0.2, 0.25) is 0 Å². The average Bonchev–Trinajstić information content (AvgIpc) is 3.98. The molecule has 0 bridgehead atoms. The number of hydrogen-bond acceptors (Lipinski definition) is 5. The van der Waals surface area contributed by atoms with Gasteiger partial charge in [-0.15, -0.1) is 11.3 Å². The number of benzene rings is 9. The van der Waals surface area contributed by atoms with Crippen LogP contribution in [0.5, 0.6) is 0 Å². The van der Waals surface area contributed by atoms with Gasteiger partial charge in [-0.1, -0.05) is 127 Å². The van der Waals surface area contributed by atoms with Gasteiger partial charge in [0, 0.05) is 64.1 Å². The Hall–Kier alpha value is -7.93. The summed E-state index contributed by atoms with van der Waals surface area (Å²) in [6.07, 6.45) is 0. The summed E-state index contributed by atoms with van der Waals surface area (Å²) >= 11 is 1.79. The number of para-hydroxylation sites is 1. The summed E-state index contributed by atoms with van der Waals surface area (Å²) in [5, 5.41) is 9.73. The van der Waals surface area contributed by atoms with Gasteiger partial charge in [-0.2, -0.15) is 0 Å². The van der Waals surface area contributed by atoms with Crippen LogP contribution in [0.15, 0.2) is 186 Å². The molecule has 0 saturated carbocycles. The molecule has 1 aliphatic carbocycles. The zero-order chi connectivity index (χ0) is 39.8. The molecule has 0 atom stereocenters. The van der Waals surface area contributed by atoms with Gasteiger partial charge in [0.25, 0.3) is 0 Å². The topological polar surface area (TPSA) is 56.7 Å². The second kappa shape index (κ2) is 12.3. The minimum Gasteiger partial charge on any atom is -0.456 e. The fourth-order valence-electron chi connectivity index (χ4n) is 9.91. The van der Waals surface area contributed by atoms with Crippen LogP contribution < -0.4 is 0 Å². The molecule has 61 heavy (non-hydrogen) atoms. The number of thiophene rings is 1. The summed E-state index contributed by atoms with van der Waals surface area (Å²) in [7, 11) is 0. The van der Waals surface area contributed by atoms with Crippen molar-refractivity contribution in [3.05, 3.63) is 182 Å².